The molecular formula is C8H16O2. The van der Waals surface area contributed by atoms with Crippen LogP contribution in [0.2, 0.25) is 0 Å². The van der Waals surface area contributed by atoms with Gasteiger partial charge in [0.05, 0.1) is 6.61 Å². The molecule has 0 aromatic carbocycles. The van der Waals surface area contributed by atoms with Gasteiger partial charge in [-0.05, 0) is 5.92 Å². The highest BCUT2D eigenvalue weighted by Gasteiger charge is 2.01. The molecule has 0 aromatic heterocycles. The molecule has 0 unspecified atom stereocenters. The molecule has 0 amide bonds. The average Bonchev–Trinajstić information content (AvgIpc) is 1.99. The van der Waals surface area contributed by atoms with Crippen molar-refractivity contribution >= 4 is 5.97 Å². The Labute approximate surface area is 62.6 Å². The summed E-state index contributed by atoms with van der Waals surface area (Å²) in [5.74, 6) is 0.399. The average molecular weight is 144 g/mol. The molecule has 0 aliphatic heterocycles. The topological polar surface area (TPSA) is 26.3 Å². The predicted octanol–water partition coefficient (Wildman–Crippen LogP) is 1.99. The molecule has 0 fully saturated rings. The summed E-state index contributed by atoms with van der Waals surface area (Å²) in [4.78, 5) is 10.6. The Morgan fingerprint density at radius 3 is 2.50 bits per heavy atom. The molecule has 0 N–H and O–H groups in total. The number of ether oxygens (including phenoxy) is 1. The maximum atomic E-state index is 10.6. The summed E-state index contributed by atoms with van der Waals surface area (Å²) in [5.41, 5.74) is 0. The molecule has 2 heteroatoms. The number of carbonyl (C=O) groups excluding carboxylic acids is 1. The van der Waals surface area contributed by atoms with Crippen molar-refractivity contribution in [2.75, 3.05) is 6.61 Å². The Balaban J connectivity index is 3.26. The van der Waals surface area contributed by atoms with E-state index in [9.17, 15) is 4.79 Å². The lowest BCUT2D eigenvalue weighted by Gasteiger charge is -2.07. The normalized spacial score (nSPS) is 12.7. The lowest BCUT2D eigenvalue weighted by Crippen LogP contribution is -2.09. The molecular weight excluding hydrogens is 128 g/mol. The van der Waals surface area contributed by atoms with Crippen LogP contribution in [0.5, 0.6) is 0 Å². The van der Waals surface area contributed by atoms with Crippen LogP contribution in [0.25, 0.3) is 0 Å². The summed E-state index contributed by atoms with van der Waals surface area (Å²) in [7, 11) is 0. The first-order valence-corrected chi connectivity index (χ1v) is 3.86. The van der Waals surface area contributed by atoms with Gasteiger partial charge in [0.25, 0.3) is 0 Å². The quantitative estimate of drug-likeness (QED) is 0.564. The van der Waals surface area contributed by atoms with Crippen molar-refractivity contribution in [2.24, 2.45) is 5.92 Å². The molecule has 0 heterocycles. The number of carbonyl (C=O) groups is 1. The maximum absolute atomic E-state index is 10.6. The van der Waals surface area contributed by atoms with Crippen molar-refractivity contribution in [3.05, 3.63) is 0 Å². The van der Waals surface area contributed by atoms with Crippen LogP contribution >= 0.6 is 0 Å². The Kier molecular flexibility index (Phi) is 4.99. The van der Waals surface area contributed by atoms with Crippen LogP contribution < -0.4 is 0 Å². The summed E-state index contributed by atoms with van der Waals surface area (Å²) < 4.78 is 4.90. The lowest BCUT2D eigenvalue weighted by atomic mass is 10.1. The zero-order chi connectivity index (χ0) is 7.98. The van der Waals surface area contributed by atoms with Gasteiger partial charge in [-0.15, -0.1) is 0 Å². The van der Waals surface area contributed by atoms with Crippen LogP contribution in [0.3, 0.4) is 0 Å². The molecule has 0 bridgehead atoms. The third-order valence-corrected chi connectivity index (χ3v) is 1.51. The first-order chi connectivity index (χ1) is 4.70. The second-order valence-electron chi connectivity index (χ2n) is 2.55. The largest absolute Gasteiger partial charge is 0.465 e. The van der Waals surface area contributed by atoms with E-state index in [1.807, 2.05) is 0 Å². The van der Waals surface area contributed by atoms with Crippen LogP contribution in [0, 0.1) is 5.92 Å². The SMILES string of the molecule is CCC(=O)OC[C@H](C)CC. The third-order valence-electron chi connectivity index (χ3n) is 1.51. The summed E-state index contributed by atoms with van der Waals surface area (Å²) in [6.07, 6.45) is 1.55. The Morgan fingerprint density at radius 2 is 2.10 bits per heavy atom. The van der Waals surface area contributed by atoms with Gasteiger partial charge in [0.2, 0.25) is 0 Å². The van der Waals surface area contributed by atoms with E-state index in [4.69, 9.17) is 4.74 Å². The molecule has 10 heavy (non-hydrogen) atoms. The summed E-state index contributed by atoms with van der Waals surface area (Å²) >= 11 is 0. The Bertz CT molecular complexity index is 99.4. The van der Waals surface area contributed by atoms with E-state index < -0.39 is 0 Å². The zero-order valence-electron chi connectivity index (χ0n) is 7.02. The van der Waals surface area contributed by atoms with Gasteiger partial charge in [-0.25, -0.2) is 0 Å². The van der Waals surface area contributed by atoms with Gasteiger partial charge in [0.15, 0.2) is 0 Å². The van der Waals surface area contributed by atoms with E-state index in [2.05, 4.69) is 13.8 Å². The first kappa shape index (κ1) is 9.47. The molecule has 0 radical (unpaired) electrons. The van der Waals surface area contributed by atoms with Crippen LogP contribution in [0.15, 0.2) is 0 Å². The van der Waals surface area contributed by atoms with Crippen LogP contribution in [0.1, 0.15) is 33.6 Å². The van der Waals surface area contributed by atoms with E-state index in [0.29, 0.717) is 18.9 Å². The van der Waals surface area contributed by atoms with Gasteiger partial charge in [0.1, 0.15) is 0 Å². The van der Waals surface area contributed by atoms with Crippen molar-refractivity contribution in [3.63, 3.8) is 0 Å². The fraction of sp³-hybridized carbons (Fsp3) is 0.875. The van der Waals surface area contributed by atoms with Crippen LogP contribution in [-0.4, -0.2) is 12.6 Å². The van der Waals surface area contributed by atoms with Gasteiger partial charge in [0, 0.05) is 6.42 Å². The van der Waals surface area contributed by atoms with Crippen molar-refractivity contribution < 1.29 is 9.53 Å². The third kappa shape index (κ3) is 4.36. The number of esters is 1. The van der Waals surface area contributed by atoms with Crippen molar-refractivity contribution in [3.8, 4) is 0 Å². The van der Waals surface area contributed by atoms with Crippen LogP contribution in [0.4, 0.5) is 0 Å². The summed E-state index contributed by atoms with van der Waals surface area (Å²) in [6.45, 7) is 6.54. The summed E-state index contributed by atoms with van der Waals surface area (Å²) in [6, 6.07) is 0. The smallest absolute Gasteiger partial charge is 0.305 e. The van der Waals surface area contributed by atoms with Crippen molar-refractivity contribution in [2.45, 2.75) is 33.6 Å². The molecule has 0 saturated heterocycles. The lowest BCUT2D eigenvalue weighted by molar-refractivity contribution is -0.144. The number of rotatable bonds is 4. The highest BCUT2D eigenvalue weighted by atomic mass is 16.5. The summed E-state index contributed by atoms with van der Waals surface area (Å²) in [5, 5.41) is 0. The van der Waals surface area contributed by atoms with Gasteiger partial charge in [-0.3, -0.25) is 4.79 Å². The van der Waals surface area contributed by atoms with E-state index in [1.54, 1.807) is 6.92 Å². The number of hydrogen-bond acceptors (Lipinski definition) is 2. The zero-order valence-corrected chi connectivity index (χ0v) is 7.02. The van der Waals surface area contributed by atoms with Gasteiger partial charge < -0.3 is 4.74 Å². The van der Waals surface area contributed by atoms with Gasteiger partial charge >= 0.3 is 5.97 Å². The highest BCUT2D eigenvalue weighted by molar-refractivity contribution is 5.68. The minimum Gasteiger partial charge on any atom is -0.465 e. The molecule has 0 rings (SSSR count). The number of hydrogen-bond donors (Lipinski definition) is 0. The van der Waals surface area contributed by atoms with E-state index in [0.717, 1.165) is 6.42 Å². The molecule has 0 aliphatic rings. The minimum absolute atomic E-state index is 0.0969. The standard InChI is InChI=1S/C8H16O2/c1-4-7(3)6-10-8(9)5-2/h7H,4-6H2,1-3H3/t7-/m1/s1. The fourth-order valence-electron chi connectivity index (χ4n) is 0.455. The second kappa shape index (κ2) is 5.27. The second-order valence-corrected chi connectivity index (χ2v) is 2.55. The monoisotopic (exact) mass is 144 g/mol. The highest BCUT2D eigenvalue weighted by Crippen LogP contribution is 2.00. The Hall–Kier alpha value is -0.530. The van der Waals surface area contributed by atoms with E-state index in [1.165, 1.54) is 0 Å². The Morgan fingerprint density at radius 1 is 1.50 bits per heavy atom. The molecule has 60 valence electrons. The fourth-order valence-corrected chi connectivity index (χ4v) is 0.455. The molecule has 0 spiro atoms. The molecule has 1 atom stereocenters. The van der Waals surface area contributed by atoms with Crippen LogP contribution in [-0.2, 0) is 9.53 Å². The maximum Gasteiger partial charge on any atom is 0.305 e. The van der Waals surface area contributed by atoms with E-state index in [-0.39, 0.29) is 5.97 Å². The minimum atomic E-state index is -0.0969. The predicted molar refractivity (Wildman–Crippen MR) is 40.7 cm³/mol. The molecule has 0 aliphatic carbocycles. The molecule has 2 nitrogen and oxygen atoms in total. The first-order valence-electron chi connectivity index (χ1n) is 3.86. The van der Waals surface area contributed by atoms with Crippen molar-refractivity contribution in [1.82, 2.24) is 0 Å². The molecule has 0 aromatic rings. The van der Waals surface area contributed by atoms with Gasteiger partial charge in [-0.1, -0.05) is 27.2 Å². The molecule has 0 saturated carbocycles. The van der Waals surface area contributed by atoms with Gasteiger partial charge in [-0.2, -0.15) is 0 Å². The van der Waals surface area contributed by atoms with Crippen molar-refractivity contribution in [1.29, 1.82) is 0 Å². The van der Waals surface area contributed by atoms with E-state index >= 15 is 0 Å².